The fraction of sp³-hybridized carbons (Fsp3) is 0.333. The number of nitro benzene ring substituents is 1. The van der Waals surface area contributed by atoms with Crippen molar-refractivity contribution in [3.63, 3.8) is 0 Å². The fourth-order valence-electron chi connectivity index (χ4n) is 2.80. The standard InChI is InChI=1S/C18H20N2O6S2/c21-17(14-4-2-1-3-5-14)13-27-18-7-6-15(12-16(18)20(22)23)28(24,25)19-8-10-26-11-9-19/h1-7,12,17,21H,8-11,13H2. The Morgan fingerprint density at radius 3 is 2.50 bits per heavy atom. The molecule has 10 heteroatoms. The summed E-state index contributed by atoms with van der Waals surface area (Å²) in [7, 11) is -3.82. The summed E-state index contributed by atoms with van der Waals surface area (Å²) in [5.74, 6) is 0.209. The fourth-order valence-corrected chi connectivity index (χ4v) is 5.20. The van der Waals surface area contributed by atoms with Crippen molar-refractivity contribution in [1.29, 1.82) is 0 Å². The molecule has 1 unspecified atom stereocenters. The topological polar surface area (TPSA) is 110 Å². The van der Waals surface area contributed by atoms with Gasteiger partial charge in [0.15, 0.2) is 0 Å². The van der Waals surface area contributed by atoms with Gasteiger partial charge >= 0.3 is 0 Å². The zero-order chi connectivity index (χ0) is 20.1. The summed E-state index contributed by atoms with van der Waals surface area (Å²) < 4.78 is 31.9. The molecule has 150 valence electrons. The predicted molar refractivity (Wildman–Crippen MR) is 105 cm³/mol. The Labute approximate surface area is 167 Å². The molecule has 0 radical (unpaired) electrons. The molecule has 2 aromatic carbocycles. The maximum atomic E-state index is 12.7. The number of benzene rings is 2. The largest absolute Gasteiger partial charge is 0.388 e. The second kappa shape index (κ2) is 9.01. The van der Waals surface area contributed by atoms with Crippen LogP contribution in [0.4, 0.5) is 5.69 Å². The quantitative estimate of drug-likeness (QED) is 0.413. The van der Waals surface area contributed by atoms with Crippen LogP contribution in [0, 0.1) is 10.1 Å². The minimum absolute atomic E-state index is 0.117. The molecule has 2 aromatic rings. The molecular formula is C18H20N2O6S2. The number of aliphatic hydroxyl groups excluding tert-OH is 1. The van der Waals surface area contributed by atoms with Crippen LogP contribution in [0.15, 0.2) is 58.3 Å². The molecule has 0 amide bonds. The molecule has 1 heterocycles. The minimum atomic E-state index is -3.82. The highest BCUT2D eigenvalue weighted by atomic mass is 32.2. The molecule has 1 N–H and O–H groups in total. The van der Waals surface area contributed by atoms with Gasteiger partial charge in [-0.1, -0.05) is 30.3 Å². The molecule has 0 aromatic heterocycles. The third kappa shape index (κ3) is 4.70. The summed E-state index contributed by atoms with van der Waals surface area (Å²) in [6.45, 7) is 1.03. The van der Waals surface area contributed by atoms with Gasteiger partial charge in [-0.25, -0.2) is 8.42 Å². The van der Waals surface area contributed by atoms with E-state index in [-0.39, 0.29) is 29.4 Å². The first-order chi connectivity index (χ1) is 13.4. The molecule has 3 rings (SSSR count). The summed E-state index contributed by atoms with van der Waals surface area (Å²) in [6.07, 6.45) is -0.789. The minimum Gasteiger partial charge on any atom is -0.388 e. The Bertz CT molecular complexity index is 930. The zero-order valence-electron chi connectivity index (χ0n) is 14.9. The molecule has 1 saturated heterocycles. The number of thioether (sulfide) groups is 1. The van der Waals surface area contributed by atoms with Crippen molar-refractivity contribution in [3.05, 3.63) is 64.2 Å². The van der Waals surface area contributed by atoms with Crippen molar-refractivity contribution in [3.8, 4) is 0 Å². The first-order valence-corrected chi connectivity index (χ1v) is 11.0. The van der Waals surface area contributed by atoms with E-state index >= 15 is 0 Å². The molecule has 0 spiro atoms. The van der Waals surface area contributed by atoms with Crippen LogP contribution in [0.5, 0.6) is 0 Å². The SMILES string of the molecule is O=[N+]([O-])c1cc(S(=O)(=O)N2CCOCC2)ccc1SCC(O)c1ccccc1. The number of nitro groups is 1. The highest BCUT2D eigenvalue weighted by Crippen LogP contribution is 2.34. The molecule has 8 nitrogen and oxygen atoms in total. The van der Waals surface area contributed by atoms with Crippen LogP contribution in [-0.4, -0.2) is 54.8 Å². The van der Waals surface area contributed by atoms with Gasteiger partial charge < -0.3 is 9.84 Å². The number of morpholine rings is 1. The van der Waals surface area contributed by atoms with Gasteiger partial charge in [0.25, 0.3) is 5.69 Å². The van der Waals surface area contributed by atoms with Gasteiger partial charge in [-0.3, -0.25) is 10.1 Å². The van der Waals surface area contributed by atoms with Gasteiger partial charge in [0.1, 0.15) is 0 Å². The third-order valence-electron chi connectivity index (χ3n) is 4.32. The van der Waals surface area contributed by atoms with Crippen molar-refractivity contribution in [2.75, 3.05) is 32.1 Å². The Kier molecular flexibility index (Phi) is 6.68. The molecule has 1 aliphatic rings. The lowest BCUT2D eigenvalue weighted by molar-refractivity contribution is -0.388. The highest BCUT2D eigenvalue weighted by Gasteiger charge is 2.29. The van der Waals surface area contributed by atoms with Crippen molar-refractivity contribution < 1.29 is 23.2 Å². The second-order valence-electron chi connectivity index (χ2n) is 6.14. The van der Waals surface area contributed by atoms with Crippen LogP contribution in [0.1, 0.15) is 11.7 Å². The van der Waals surface area contributed by atoms with Crippen molar-refractivity contribution >= 4 is 27.5 Å². The normalized spacial score (nSPS) is 16.6. The van der Waals surface area contributed by atoms with E-state index in [1.165, 1.54) is 16.4 Å². The molecule has 1 atom stereocenters. The van der Waals surface area contributed by atoms with E-state index in [0.717, 1.165) is 17.8 Å². The van der Waals surface area contributed by atoms with E-state index in [1.54, 1.807) is 24.3 Å². The Morgan fingerprint density at radius 2 is 1.86 bits per heavy atom. The van der Waals surface area contributed by atoms with Crippen LogP contribution in [0.3, 0.4) is 0 Å². The van der Waals surface area contributed by atoms with E-state index in [4.69, 9.17) is 4.74 Å². The molecule has 0 aliphatic carbocycles. The predicted octanol–water partition coefficient (Wildman–Crippen LogP) is 2.44. The molecule has 1 fully saturated rings. The molecule has 0 bridgehead atoms. The number of nitrogens with zero attached hydrogens (tertiary/aromatic N) is 2. The molecule has 0 saturated carbocycles. The van der Waals surface area contributed by atoms with E-state index in [2.05, 4.69) is 0 Å². The lowest BCUT2D eigenvalue weighted by atomic mass is 10.1. The summed E-state index contributed by atoms with van der Waals surface area (Å²) in [6, 6.07) is 12.9. The first-order valence-electron chi connectivity index (χ1n) is 8.62. The average molecular weight is 425 g/mol. The van der Waals surface area contributed by atoms with Crippen molar-refractivity contribution in [2.24, 2.45) is 0 Å². The number of hydrogen-bond acceptors (Lipinski definition) is 7. The van der Waals surface area contributed by atoms with E-state index in [1.807, 2.05) is 6.07 Å². The number of ether oxygens (including phenoxy) is 1. The second-order valence-corrected chi connectivity index (χ2v) is 9.14. The highest BCUT2D eigenvalue weighted by molar-refractivity contribution is 7.99. The zero-order valence-corrected chi connectivity index (χ0v) is 16.6. The van der Waals surface area contributed by atoms with Crippen molar-refractivity contribution in [2.45, 2.75) is 15.9 Å². The Balaban J connectivity index is 1.80. The smallest absolute Gasteiger partial charge is 0.284 e. The van der Waals surface area contributed by atoms with Gasteiger partial charge in [0.05, 0.1) is 34.0 Å². The van der Waals surface area contributed by atoms with E-state index < -0.39 is 21.1 Å². The summed E-state index contributed by atoms with van der Waals surface area (Å²) in [5, 5.41) is 21.8. The van der Waals surface area contributed by atoms with Crippen LogP contribution < -0.4 is 0 Å². The van der Waals surface area contributed by atoms with Gasteiger partial charge in [-0.2, -0.15) is 4.31 Å². The van der Waals surface area contributed by atoms with Gasteiger partial charge in [0.2, 0.25) is 10.0 Å². The van der Waals surface area contributed by atoms with Crippen molar-refractivity contribution in [1.82, 2.24) is 4.31 Å². The molecule has 28 heavy (non-hydrogen) atoms. The molecular weight excluding hydrogens is 404 g/mol. The van der Waals surface area contributed by atoms with Crippen LogP contribution >= 0.6 is 11.8 Å². The number of aliphatic hydroxyl groups is 1. The number of rotatable bonds is 7. The molecule has 1 aliphatic heterocycles. The maximum absolute atomic E-state index is 12.7. The first kappa shape index (κ1) is 20.7. The number of sulfonamides is 1. The monoisotopic (exact) mass is 424 g/mol. The number of hydrogen-bond donors (Lipinski definition) is 1. The van der Waals surface area contributed by atoms with Crippen LogP contribution in [0.25, 0.3) is 0 Å². The Morgan fingerprint density at radius 1 is 1.18 bits per heavy atom. The Hall–Kier alpha value is -1.98. The summed E-state index contributed by atoms with van der Waals surface area (Å²) in [4.78, 5) is 11.1. The van der Waals surface area contributed by atoms with Crippen LogP contribution in [0.2, 0.25) is 0 Å². The maximum Gasteiger partial charge on any atom is 0.284 e. The lowest BCUT2D eigenvalue weighted by Crippen LogP contribution is -2.40. The summed E-state index contributed by atoms with van der Waals surface area (Å²) >= 11 is 1.11. The third-order valence-corrected chi connectivity index (χ3v) is 7.35. The van der Waals surface area contributed by atoms with Gasteiger partial charge in [0, 0.05) is 24.9 Å². The average Bonchev–Trinajstić information content (AvgIpc) is 2.73. The van der Waals surface area contributed by atoms with Crippen LogP contribution in [-0.2, 0) is 14.8 Å². The lowest BCUT2D eigenvalue weighted by Gasteiger charge is -2.26. The van der Waals surface area contributed by atoms with E-state index in [9.17, 15) is 23.6 Å². The van der Waals surface area contributed by atoms with Gasteiger partial charge in [-0.15, -0.1) is 11.8 Å². The van der Waals surface area contributed by atoms with E-state index in [0.29, 0.717) is 23.7 Å². The summed E-state index contributed by atoms with van der Waals surface area (Å²) in [5.41, 5.74) is 0.420. The van der Waals surface area contributed by atoms with Gasteiger partial charge in [-0.05, 0) is 17.7 Å².